The van der Waals surface area contributed by atoms with Crippen molar-refractivity contribution in [2.45, 2.75) is 37.6 Å². The number of alkyl halides is 3. The van der Waals surface area contributed by atoms with Crippen LogP contribution >= 0.6 is 11.6 Å². The molecule has 168 valence electrons. The number of hydrogen-bond donors (Lipinski definition) is 1. The Bertz CT molecular complexity index is 1110. The highest BCUT2D eigenvalue weighted by Crippen LogP contribution is 2.35. The summed E-state index contributed by atoms with van der Waals surface area (Å²) in [5.74, 6) is 0.00455. The van der Waals surface area contributed by atoms with E-state index in [1.54, 1.807) is 29.2 Å². The smallest absolute Gasteiger partial charge is 0.406 e. The van der Waals surface area contributed by atoms with Crippen LogP contribution in [-0.4, -0.2) is 41.2 Å². The number of carbonyl (C=O) groups excluding carboxylic acids is 1. The minimum absolute atomic E-state index is 0.156. The quantitative estimate of drug-likeness (QED) is 0.534. The van der Waals surface area contributed by atoms with Crippen molar-refractivity contribution in [3.63, 3.8) is 0 Å². The summed E-state index contributed by atoms with van der Waals surface area (Å²) in [6.07, 6.45) is -6.32. The predicted molar refractivity (Wildman–Crippen MR) is 112 cm³/mol. The molecule has 3 aromatic rings. The first-order valence-electron chi connectivity index (χ1n) is 9.72. The maximum absolute atomic E-state index is 12.5. The van der Waals surface area contributed by atoms with E-state index in [2.05, 4.69) is 9.72 Å². The second-order valence-corrected chi connectivity index (χ2v) is 7.69. The molecule has 3 atom stereocenters. The van der Waals surface area contributed by atoms with Gasteiger partial charge in [0, 0.05) is 23.9 Å². The van der Waals surface area contributed by atoms with Crippen molar-refractivity contribution in [3.8, 4) is 5.75 Å². The van der Waals surface area contributed by atoms with Gasteiger partial charge in [0.15, 0.2) is 0 Å². The zero-order chi connectivity index (χ0) is 22.9. The molecule has 0 amide bonds. The van der Waals surface area contributed by atoms with E-state index in [4.69, 9.17) is 16.3 Å². The lowest BCUT2D eigenvalue weighted by Gasteiger charge is -2.39. The van der Waals surface area contributed by atoms with Gasteiger partial charge in [0.05, 0.1) is 16.6 Å². The Kier molecular flexibility index (Phi) is 6.23. The maximum atomic E-state index is 12.5. The number of aliphatic hydroxyl groups is 1. The number of rotatable bonds is 5. The SMILES string of the molecule is O=C[C@@H]1C[C@H](O)C[C@H](N(c2ccc(OC(F)(F)F)cc2)c2ccc3cccc(Cl)c3n2)O1. The molecule has 0 aliphatic carbocycles. The van der Waals surface area contributed by atoms with E-state index in [0.29, 0.717) is 28.3 Å². The van der Waals surface area contributed by atoms with Crippen molar-refractivity contribution in [1.29, 1.82) is 0 Å². The van der Waals surface area contributed by atoms with E-state index in [1.807, 2.05) is 6.07 Å². The van der Waals surface area contributed by atoms with E-state index in [1.165, 1.54) is 24.3 Å². The molecule has 0 saturated carbocycles. The van der Waals surface area contributed by atoms with Crippen LogP contribution in [0.3, 0.4) is 0 Å². The molecule has 6 nitrogen and oxygen atoms in total. The van der Waals surface area contributed by atoms with E-state index in [9.17, 15) is 23.1 Å². The summed E-state index contributed by atoms with van der Waals surface area (Å²) in [5.41, 5.74) is 0.958. The van der Waals surface area contributed by atoms with Gasteiger partial charge >= 0.3 is 6.36 Å². The lowest BCUT2D eigenvalue weighted by atomic mass is 10.0. The highest BCUT2D eigenvalue weighted by atomic mass is 35.5. The Labute approximate surface area is 186 Å². The number of pyridine rings is 1. The Balaban J connectivity index is 1.77. The number of aldehydes is 1. The first kappa shape index (κ1) is 22.3. The van der Waals surface area contributed by atoms with Crippen LogP contribution < -0.4 is 9.64 Å². The number of hydrogen-bond acceptors (Lipinski definition) is 6. The lowest BCUT2D eigenvalue weighted by molar-refractivity contribution is -0.274. The molecule has 0 radical (unpaired) electrons. The van der Waals surface area contributed by atoms with Gasteiger partial charge in [0.1, 0.15) is 30.2 Å². The molecule has 1 aromatic heterocycles. The van der Waals surface area contributed by atoms with E-state index in [-0.39, 0.29) is 18.6 Å². The first-order chi connectivity index (χ1) is 15.2. The number of para-hydroxylation sites is 1. The summed E-state index contributed by atoms with van der Waals surface area (Å²) >= 11 is 6.29. The number of halogens is 4. The van der Waals surface area contributed by atoms with Crippen LogP contribution in [0.5, 0.6) is 5.75 Å². The molecule has 32 heavy (non-hydrogen) atoms. The number of anilines is 2. The summed E-state index contributed by atoms with van der Waals surface area (Å²) in [6, 6.07) is 14.0. The van der Waals surface area contributed by atoms with Gasteiger partial charge < -0.3 is 19.4 Å². The van der Waals surface area contributed by atoms with Gasteiger partial charge in [-0.3, -0.25) is 4.90 Å². The van der Waals surface area contributed by atoms with Gasteiger partial charge in [-0.1, -0.05) is 23.7 Å². The standard InChI is InChI=1S/C22H18ClF3N2O4/c23-18-3-1-2-13-4-9-19(27-21(13)18)28(20-11-15(30)10-17(12-29)31-20)14-5-7-16(8-6-14)32-22(24,25)26/h1-9,12,15,17,20,30H,10-11H2/t15-,17-,20+/m0/s1. The van der Waals surface area contributed by atoms with Crippen LogP contribution in [0.25, 0.3) is 10.9 Å². The van der Waals surface area contributed by atoms with Crippen LogP contribution in [0, 0.1) is 0 Å². The minimum atomic E-state index is -4.81. The highest BCUT2D eigenvalue weighted by molar-refractivity contribution is 6.35. The number of carbonyl (C=O) groups is 1. The summed E-state index contributed by atoms with van der Waals surface area (Å²) < 4.78 is 47.4. The van der Waals surface area contributed by atoms with Crippen LogP contribution in [0.15, 0.2) is 54.6 Å². The fourth-order valence-electron chi connectivity index (χ4n) is 3.65. The van der Waals surface area contributed by atoms with Crippen LogP contribution in [0.4, 0.5) is 24.7 Å². The van der Waals surface area contributed by atoms with E-state index >= 15 is 0 Å². The average Bonchev–Trinajstić information content (AvgIpc) is 2.74. The second-order valence-electron chi connectivity index (χ2n) is 7.28. The van der Waals surface area contributed by atoms with E-state index in [0.717, 1.165) is 5.39 Å². The minimum Gasteiger partial charge on any atom is -0.406 e. The number of aromatic nitrogens is 1. The molecular weight excluding hydrogens is 449 g/mol. The van der Waals surface area contributed by atoms with Gasteiger partial charge in [0.25, 0.3) is 0 Å². The third kappa shape index (κ3) is 4.95. The fourth-order valence-corrected chi connectivity index (χ4v) is 3.88. The van der Waals surface area contributed by atoms with Gasteiger partial charge in [0.2, 0.25) is 0 Å². The largest absolute Gasteiger partial charge is 0.573 e. The molecule has 1 saturated heterocycles. The van der Waals surface area contributed by atoms with Crippen molar-refractivity contribution >= 4 is 40.3 Å². The van der Waals surface area contributed by atoms with Crippen LogP contribution in [-0.2, 0) is 9.53 Å². The van der Waals surface area contributed by atoms with Crippen molar-refractivity contribution in [3.05, 3.63) is 59.6 Å². The molecule has 0 unspecified atom stereocenters. The van der Waals surface area contributed by atoms with Crippen molar-refractivity contribution in [2.24, 2.45) is 0 Å². The van der Waals surface area contributed by atoms with Gasteiger partial charge in [-0.25, -0.2) is 4.98 Å². The summed E-state index contributed by atoms with van der Waals surface area (Å²) in [7, 11) is 0. The Morgan fingerprint density at radius 1 is 1.12 bits per heavy atom. The molecule has 0 spiro atoms. The molecule has 4 rings (SSSR count). The first-order valence-corrected chi connectivity index (χ1v) is 10.1. The van der Waals surface area contributed by atoms with Crippen LogP contribution in [0.1, 0.15) is 12.8 Å². The maximum Gasteiger partial charge on any atom is 0.573 e. The molecular formula is C22H18ClF3N2O4. The second kappa shape index (κ2) is 8.93. The molecule has 1 N–H and O–H groups in total. The van der Waals surface area contributed by atoms with Crippen molar-refractivity contribution in [1.82, 2.24) is 4.98 Å². The fraction of sp³-hybridized carbons (Fsp3) is 0.273. The summed E-state index contributed by atoms with van der Waals surface area (Å²) in [6.45, 7) is 0. The van der Waals surface area contributed by atoms with Gasteiger partial charge in [-0.2, -0.15) is 0 Å². The molecule has 2 aromatic carbocycles. The third-order valence-electron chi connectivity index (χ3n) is 5.00. The average molecular weight is 467 g/mol. The Morgan fingerprint density at radius 2 is 1.88 bits per heavy atom. The molecule has 2 heterocycles. The normalized spacial score (nSPS) is 21.3. The molecule has 0 bridgehead atoms. The zero-order valence-electron chi connectivity index (χ0n) is 16.5. The zero-order valence-corrected chi connectivity index (χ0v) is 17.3. The molecule has 1 fully saturated rings. The van der Waals surface area contributed by atoms with Crippen molar-refractivity contribution in [2.75, 3.05) is 4.90 Å². The van der Waals surface area contributed by atoms with Gasteiger partial charge in [-0.05, 0) is 42.5 Å². The number of benzene rings is 2. The number of nitrogens with zero attached hydrogens (tertiary/aromatic N) is 2. The predicted octanol–water partition coefficient (Wildman–Crippen LogP) is 4.99. The number of aliphatic hydroxyl groups excluding tert-OH is 1. The lowest BCUT2D eigenvalue weighted by Crippen LogP contribution is -2.45. The highest BCUT2D eigenvalue weighted by Gasteiger charge is 2.34. The molecule has 1 aliphatic rings. The molecule has 10 heteroatoms. The Morgan fingerprint density at radius 3 is 2.56 bits per heavy atom. The summed E-state index contributed by atoms with van der Waals surface area (Å²) in [4.78, 5) is 17.6. The molecule has 1 aliphatic heterocycles. The van der Waals surface area contributed by atoms with Crippen molar-refractivity contribution < 1.29 is 32.5 Å². The summed E-state index contributed by atoms with van der Waals surface area (Å²) in [5, 5.41) is 11.5. The Hall–Kier alpha value is -2.88. The third-order valence-corrected chi connectivity index (χ3v) is 5.31. The van der Waals surface area contributed by atoms with E-state index < -0.39 is 24.8 Å². The monoisotopic (exact) mass is 466 g/mol. The topological polar surface area (TPSA) is 71.9 Å². The number of ether oxygens (including phenoxy) is 2. The van der Waals surface area contributed by atoms with Gasteiger partial charge in [-0.15, -0.1) is 13.2 Å². The van der Waals surface area contributed by atoms with Crippen LogP contribution in [0.2, 0.25) is 5.02 Å². The number of fused-ring (bicyclic) bond motifs is 1.